The molecule has 2 amide bonds. The second kappa shape index (κ2) is 9.51. The molecule has 31 heavy (non-hydrogen) atoms. The summed E-state index contributed by atoms with van der Waals surface area (Å²) in [5, 5.41) is 0. The van der Waals surface area contributed by atoms with Crippen molar-refractivity contribution >= 4 is 27.7 Å². The summed E-state index contributed by atoms with van der Waals surface area (Å²) in [6, 6.07) is 11.4. The Morgan fingerprint density at radius 3 is 2.10 bits per heavy atom. The Morgan fingerprint density at radius 2 is 1.45 bits per heavy atom. The van der Waals surface area contributed by atoms with Crippen LogP contribution in [0.3, 0.4) is 0 Å². The second-order valence-corrected chi connectivity index (χ2v) is 9.85. The first-order valence-electron chi connectivity index (χ1n) is 11.2. The number of pyridine rings is 1. The largest absolute Gasteiger partial charge is 0.339 e. The molecule has 5 nitrogen and oxygen atoms in total. The average molecular weight is 484 g/mol. The molecule has 1 aromatic carbocycles. The van der Waals surface area contributed by atoms with Crippen LogP contribution in [0.25, 0.3) is 0 Å². The zero-order valence-electron chi connectivity index (χ0n) is 18.3. The third-order valence-corrected chi connectivity index (χ3v) is 7.15. The van der Waals surface area contributed by atoms with Gasteiger partial charge in [0.1, 0.15) is 0 Å². The van der Waals surface area contributed by atoms with Crippen molar-refractivity contribution in [3.8, 4) is 0 Å². The van der Waals surface area contributed by atoms with E-state index >= 15 is 0 Å². The van der Waals surface area contributed by atoms with Crippen molar-refractivity contribution in [2.45, 2.75) is 45.4 Å². The van der Waals surface area contributed by atoms with E-state index in [9.17, 15) is 9.59 Å². The summed E-state index contributed by atoms with van der Waals surface area (Å²) < 4.78 is 0.966. The van der Waals surface area contributed by atoms with Gasteiger partial charge in [-0.25, -0.2) is 0 Å². The first-order chi connectivity index (χ1) is 14.9. The quantitative estimate of drug-likeness (QED) is 0.613. The van der Waals surface area contributed by atoms with Gasteiger partial charge in [0.05, 0.1) is 11.3 Å². The number of carbonyl (C=O) groups is 2. The molecule has 3 heterocycles. The SMILES string of the molecule is Cc1ccc(C(=O)N2CCC(C)CC2)c(C2CCN(C(=O)c3ccc(Br)cc3)CC2)n1. The van der Waals surface area contributed by atoms with Crippen LogP contribution in [0, 0.1) is 12.8 Å². The molecule has 4 rings (SSSR count). The molecule has 0 radical (unpaired) electrons. The number of aromatic nitrogens is 1. The lowest BCUT2D eigenvalue weighted by molar-refractivity contribution is 0.0681. The van der Waals surface area contributed by atoms with Crippen LogP contribution in [0.2, 0.25) is 0 Å². The van der Waals surface area contributed by atoms with Crippen molar-refractivity contribution in [3.05, 3.63) is 63.4 Å². The maximum atomic E-state index is 13.3. The Hall–Kier alpha value is -2.21. The van der Waals surface area contributed by atoms with Crippen LogP contribution in [0.1, 0.15) is 70.6 Å². The van der Waals surface area contributed by atoms with E-state index in [1.54, 1.807) is 0 Å². The van der Waals surface area contributed by atoms with E-state index in [4.69, 9.17) is 4.98 Å². The van der Waals surface area contributed by atoms with Crippen molar-refractivity contribution < 1.29 is 9.59 Å². The maximum Gasteiger partial charge on any atom is 0.255 e. The Balaban J connectivity index is 1.47. The molecule has 164 valence electrons. The van der Waals surface area contributed by atoms with Crippen LogP contribution in [-0.2, 0) is 0 Å². The van der Waals surface area contributed by atoms with Crippen LogP contribution in [0.4, 0.5) is 0 Å². The molecule has 2 aliphatic heterocycles. The fraction of sp³-hybridized carbons (Fsp3) is 0.480. The highest BCUT2D eigenvalue weighted by Gasteiger charge is 2.30. The fourth-order valence-corrected chi connectivity index (χ4v) is 4.85. The first-order valence-corrected chi connectivity index (χ1v) is 12.0. The van der Waals surface area contributed by atoms with Crippen molar-refractivity contribution in [2.75, 3.05) is 26.2 Å². The monoisotopic (exact) mass is 483 g/mol. The number of aryl methyl sites for hydroxylation is 1. The number of carbonyl (C=O) groups excluding carboxylic acids is 2. The van der Waals surface area contributed by atoms with E-state index in [2.05, 4.69) is 22.9 Å². The Labute approximate surface area is 193 Å². The summed E-state index contributed by atoms with van der Waals surface area (Å²) in [6.07, 6.45) is 3.79. The molecule has 0 saturated carbocycles. The minimum absolute atomic E-state index is 0.0712. The van der Waals surface area contributed by atoms with Crippen LogP contribution in [0.15, 0.2) is 40.9 Å². The number of benzene rings is 1. The van der Waals surface area contributed by atoms with Gasteiger partial charge < -0.3 is 9.80 Å². The molecule has 0 spiro atoms. The highest BCUT2D eigenvalue weighted by molar-refractivity contribution is 9.10. The molecule has 0 unspecified atom stereocenters. The number of hydrogen-bond acceptors (Lipinski definition) is 3. The minimum Gasteiger partial charge on any atom is -0.339 e. The summed E-state index contributed by atoms with van der Waals surface area (Å²) in [5.41, 5.74) is 3.31. The molecule has 2 fully saturated rings. The van der Waals surface area contributed by atoms with Crippen LogP contribution in [-0.4, -0.2) is 52.8 Å². The summed E-state index contributed by atoms with van der Waals surface area (Å²) in [5.74, 6) is 1.08. The van der Waals surface area contributed by atoms with E-state index in [0.717, 1.165) is 60.2 Å². The molecule has 0 aliphatic carbocycles. The Morgan fingerprint density at radius 1 is 0.871 bits per heavy atom. The number of hydrogen-bond donors (Lipinski definition) is 0. The molecule has 0 N–H and O–H groups in total. The molecule has 2 aromatic rings. The van der Waals surface area contributed by atoms with Gasteiger partial charge in [0.25, 0.3) is 11.8 Å². The zero-order valence-corrected chi connectivity index (χ0v) is 19.9. The van der Waals surface area contributed by atoms with Crippen LogP contribution in [0.5, 0.6) is 0 Å². The van der Waals surface area contributed by atoms with Crippen molar-refractivity contribution in [1.82, 2.24) is 14.8 Å². The van der Waals surface area contributed by atoms with Crippen LogP contribution < -0.4 is 0 Å². The van der Waals surface area contributed by atoms with Gasteiger partial charge in [0.15, 0.2) is 0 Å². The lowest BCUT2D eigenvalue weighted by Gasteiger charge is -2.34. The third-order valence-electron chi connectivity index (χ3n) is 6.63. The number of halogens is 1. The topological polar surface area (TPSA) is 53.5 Å². The van der Waals surface area contributed by atoms with Gasteiger partial charge in [-0.2, -0.15) is 0 Å². The standard InChI is InChI=1S/C25H30BrN3O2/c1-17-9-13-29(14-10-17)25(31)22-8-3-18(2)27-23(22)19-11-15-28(16-12-19)24(30)20-4-6-21(26)7-5-20/h3-8,17,19H,9-16H2,1-2H3. The van der Waals surface area contributed by atoms with Gasteiger partial charge in [0.2, 0.25) is 0 Å². The molecular weight excluding hydrogens is 454 g/mol. The van der Waals surface area contributed by atoms with Gasteiger partial charge in [-0.1, -0.05) is 22.9 Å². The Bertz CT molecular complexity index is 944. The van der Waals surface area contributed by atoms with E-state index in [1.165, 1.54) is 0 Å². The van der Waals surface area contributed by atoms with Gasteiger partial charge in [-0.15, -0.1) is 0 Å². The predicted molar refractivity (Wildman–Crippen MR) is 125 cm³/mol. The molecule has 0 bridgehead atoms. The fourth-order valence-electron chi connectivity index (χ4n) is 4.58. The maximum absolute atomic E-state index is 13.3. The molecular formula is C25H30BrN3O2. The van der Waals surface area contributed by atoms with Crippen molar-refractivity contribution in [3.63, 3.8) is 0 Å². The van der Waals surface area contributed by atoms with Gasteiger partial charge in [-0.3, -0.25) is 14.6 Å². The first kappa shape index (κ1) is 22.0. The molecule has 1 aromatic heterocycles. The summed E-state index contributed by atoms with van der Waals surface area (Å²) in [7, 11) is 0. The smallest absolute Gasteiger partial charge is 0.255 e. The van der Waals surface area contributed by atoms with Gasteiger partial charge in [-0.05, 0) is 74.9 Å². The lowest BCUT2D eigenvalue weighted by atomic mass is 9.89. The second-order valence-electron chi connectivity index (χ2n) is 8.93. The summed E-state index contributed by atoms with van der Waals surface area (Å²) in [6.45, 7) is 7.26. The van der Waals surface area contributed by atoms with E-state index in [0.29, 0.717) is 24.6 Å². The highest BCUT2D eigenvalue weighted by atomic mass is 79.9. The number of piperidine rings is 2. The summed E-state index contributed by atoms with van der Waals surface area (Å²) >= 11 is 3.42. The predicted octanol–water partition coefficient (Wildman–Crippen LogP) is 5.04. The van der Waals surface area contributed by atoms with E-state index in [-0.39, 0.29) is 17.7 Å². The number of rotatable bonds is 3. The normalized spacial score (nSPS) is 18.3. The number of amides is 2. The minimum atomic E-state index is 0.0712. The molecule has 6 heteroatoms. The zero-order chi connectivity index (χ0) is 22.0. The molecule has 2 aliphatic rings. The lowest BCUT2D eigenvalue weighted by Crippen LogP contribution is -2.40. The summed E-state index contributed by atoms with van der Waals surface area (Å²) in [4.78, 5) is 34.9. The van der Waals surface area contributed by atoms with Crippen LogP contribution >= 0.6 is 15.9 Å². The number of nitrogens with zero attached hydrogens (tertiary/aromatic N) is 3. The van der Waals surface area contributed by atoms with Gasteiger partial charge in [0, 0.05) is 47.8 Å². The van der Waals surface area contributed by atoms with Gasteiger partial charge >= 0.3 is 0 Å². The van der Waals surface area contributed by atoms with E-state index in [1.807, 2.05) is 53.1 Å². The van der Waals surface area contributed by atoms with E-state index < -0.39 is 0 Å². The third kappa shape index (κ3) is 5.00. The molecule has 2 saturated heterocycles. The van der Waals surface area contributed by atoms with Crippen molar-refractivity contribution in [2.24, 2.45) is 5.92 Å². The Kier molecular flexibility index (Phi) is 6.75. The molecule has 0 atom stereocenters. The van der Waals surface area contributed by atoms with Crippen molar-refractivity contribution in [1.29, 1.82) is 0 Å². The number of likely N-dealkylation sites (tertiary alicyclic amines) is 2. The average Bonchev–Trinajstić information content (AvgIpc) is 2.79. The highest BCUT2D eigenvalue weighted by Crippen LogP contribution is 2.31.